The molecule has 1 fully saturated rings. The minimum absolute atomic E-state index is 0.249. The van der Waals surface area contributed by atoms with Gasteiger partial charge in [0, 0.05) is 18.7 Å². The molecule has 0 radical (unpaired) electrons. The number of hydrogen-bond acceptors (Lipinski definition) is 5. The third-order valence-corrected chi connectivity index (χ3v) is 2.37. The van der Waals surface area contributed by atoms with Crippen molar-refractivity contribution in [3.63, 3.8) is 0 Å². The van der Waals surface area contributed by atoms with E-state index < -0.39 is 0 Å². The Kier molecular flexibility index (Phi) is 2.15. The number of anilines is 3. The maximum Gasteiger partial charge on any atom is 0.223 e. The third-order valence-electron chi connectivity index (χ3n) is 2.37. The molecule has 76 valence electrons. The van der Waals surface area contributed by atoms with Crippen LogP contribution in [0.3, 0.4) is 0 Å². The zero-order valence-electron chi connectivity index (χ0n) is 8.27. The number of nitrogens with two attached hydrogens (primary N) is 2. The maximum absolute atomic E-state index is 5.61. The van der Waals surface area contributed by atoms with E-state index in [1.807, 2.05) is 0 Å². The smallest absolute Gasteiger partial charge is 0.223 e. The lowest BCUT2D eigenvalue weighted by molar-refractivity contribution is 0.807. The van der Waals surface area contributed by atoms with Gasteiger partial charge in [0.1, 0.15) is 11.6 Å². The molecule has 5 nitrogen and oxygen atoms in total. The van der Waals surface area contributed by atoms with Crippen molar-refractivity contribution in [3.8, 4) is 0 Å². The fourth-order valence-electron chi connectivity index (χ4n) is 1.61. The summed E-state index contributed by atoms with van der Waals surface area (Å²) in [7, 11) is 0. The van der Waals surface area contributed by atoms with Crippen molar-refractivity contribution in [1.29, 1.82) is 0 Å². The van der Waals surface area contributed by atoms with Crippen molar-refractivity contribution in [3.05, 3.63) is 6.07 Å². The number of nitrogens with zero attached hydrogens (tertiary/aromatic N) is 3. The van der Waals surface area contributed by atoms with Crippen molar-refractivity contribution in [2.75, 3.05) is 22.9 Å². The minimum atomic E-state index is 0.249. The zero-order chi connectivity index (χ0) is 10.1. The van der Waals surface area contributed by atoms with E-state index in [1.165, 1.54) is 12.8 Å². The highest BCUT2D eigenvalue weighted by atomic mass is 15.2. The molecule has 1 saturated carbocycles. The Balaban J connectivity index is 2.28. The molecule has 2 rings (SSSR count). The molecule has 0 aromatic carbocycles. The first-order valence-electron chi connectivity index (χ1n) is 4.87. The molecular weight excluding hydrogens is 178 g/mol. The number of hydrogen-bond donors (Lipinski definition) is 2. The van der Waals surface area contributed by atoms with Gasteiger partial charge in [-0.1, -0.05) is 0 Å². The van der Waals surface area contributed by atoms with Crippen LogP contribution < -0.4 is 16.4 Å². The van der Waals surface area contributed by atoms with Crippen molar-refractivity contribution in [2.45, 2.75) is 25.8 Å². The monoisotopic (exact) mass is 193 g/mol. The summed E-state index contributed by atoms with van der Waals surface area (Å²) in [4.78, 5) is 10.2. The fourth-order valence-corrected chi connectivity index (χ4v) is 1.61. The summed E-state index contributed by atoms with van der Waals surface area (Å²) < 4.78 is 0. The summed E-state index contributed by atoms with van der Waals surface area (Å²) in [6.07, 6.45) is 2.47. The Bertz CT molecular complexity index is 314. The Hall–Kier alpha value is -1.52. The van der Waals surface area contributed by atoms with Crippen LogP contribution in [-0.4, -0.2) is 22.6 Å². The molecule has 14 heavy (non-hydrogen) atoms. The largest absolute Gasteiger partial charge is 0.383 e. The van der Waals surface area contributed by atoms with Gasteiger partial charge >= 0.3 is 0 Å². The van der Waals surface area contributed by atoms with Gasteiger partial charge in [-0.25, -0.2) is 0 Å². The lowest BCUT2D eigenvalue weighted by Gasteiger charge is -2.21. The van der Waals surface area contributed by atoms with E-state index in [-0.39, 0.29) is 5.95 Å². The van der Waals surface area contributed by atoms with Crippen LogP contribution in [0.15, 0.2) is 6.07 Å². The molecule has 1 aliphatic rings. The highest BCUT2D eigenvalue weighted by Crippen LogP contribution is 2.30. The molecule has 0 aliphatic heterocycles. The van der Waals surface area contributed by atoms with Crippen LogP contribution in [0.1, 0.15) is 19.8 Å². The standard InChI is InChI=1S/C9H15N5/c1-2-14(6-3-4-6)8-5-7(10)12-9(11)13-8/h5-6H,2-4H2,1H3,(H4,10,11,12,13). The van der Waals surface area contributed by atoms with E-state index in [1.54, 1.807) is 6.07 Å². The number of nitrogen functional groups attached to an aromatic ring is 2. The lowest BCUT2D eigenvalue weighted by Crippen LogP contribution is -2.26. The topological polar surface area (TPSA) is 81.1 Å². The minimum Gasteiger partial charge on any atom is -0.383 e. The van der Waals surface area contributed by atoms with Crippen molar-refractivity contribution >= 4 is 17.6 Å². The quantitative estimate of drug-likeness (QED) is 0.735. The summed E-state index contributed by atoms with van der Waals surface area (Å²) >= 11 is 0. The van der Waals surface area contributed by atoms with Crippen molar-refractivity contribution < 1.29 is 0 Å². The first-order valence-corrected chi connectivity index (χ1v) is 4.87. The summed E-state index contributed by atoms with van der Waals surface area (Å²) in [5.41, 5.74) is 11.2. The summed E-state index contributed by atoms with van der Waals surface area (Å²) in [5.74, 6) is 1.53. The van der Waals surface area contributed by atoms with Crippen LogP contribution in [0.4, 0.5) is 17.6 Å². The average molecular weight is 193 g/mol. The fraction of sp³-hybridized carbons (Fsp3) is 0.556. The molecule has 1 aliphatic carbocycles. The molecular formula is C9H15N5. The Labute approximate surface area is 83.1 Å². The molecule has 0 saturated heterocycles. The molecule has 0 amide bonds. The molecule has 0 unspecified atom stereocenters. The second-order valence-corrected chi connectivity index (χ2v) is 3.53. The van der Waals surface area contributed by atoms with Gasteiger partial charge in [0.2, 0.25) is 5.95 Å². The molecule has 0 bridgehead atoms. The summed E-state index contributed by atoms with van der Waals surface area (Å²) in [5, 5.41) is 0. The third kappa shape index (κ3) is 1.71. The molecule has 5 heteroatoms. The normalized spacial score (nSPS) is 15.5. The van der Waals surface area contributed by atoms with Gasteiger partial charge in [-0.3, -0.25) is 0 Å². The van der Waals surface area contributed by atoms with E-state index in [2.05, 4.69) is 21.8 Å². The molecule has 0 atom stereocenters. The molecule has 0 spiro atoms. The number of aromatic nitrogens is 2. The highest BCUT2D eigenvalue weighted by Gasteiger charge is 2.29. The van der Waals surface area contributed by atoms with Gasteiger partial charge < -0.3 is 16.4 Å². The van der Waals surface area contributed by atoms with Crippen LogP contribution in [0.25, 0.3) is 0 Å². The average Bonchev–Trinajstić information content (AvgIpc) is 2.87. The van der Waals surface area contributed by atoms with Gasteiger partial charge in [0.15, 0.2) is 0 Å². The molecule has 1 aromatic rings. The van der Waals surface area contributed by atoms with E-state index >= 15 is 0 Å². The van der Waals surface area contributed by atoms with E-state index in [9.17, 15) is 0 Å². The van der Waals surface area contributed by atoms with Crippen LogP contribution in [0.5, 0.6) is 0 Å². The summed E-state index contributed by atoms with van der Waals surface area (Å²) in [6, 6.07) is 2.40. The molecule has 1 heterocycles. The first-order chi connectivity index (χ1) is 6.70. The van der Waals surface area contributed by atoms with E-state index in [4.69, 9.17) is 11.5 Å². The van der Waals surface area contributed by atoms with Crippen LogP contribution in [-0.2, 0) is 0 Å². The van der Waals surface area contributed by atoms with Crippen LogP contribution >= 0.6 is 0 Å². The zero-order valence-corrected chi connectivity index (χ0v) is 8.27. The van der Waals surface area contributed by atoms with Crippen molar-refractivity contribution in [1.82, 2.24) is 9.97 Å². The summed E-state index contributed by atoms with van der Waals surface area (Å²) in [6.45, 7) is 3.04. The lowest BCUT2D eigenvalue weighted by atomic mass is 10.4. The van der Waals surface area contributed by atoms with Gasteiger partial charge in [0.05, 0.1) is 0 Å². The Morgan fingerprint density at radius 2 is 2.14 bits per heavy atom. The van der Waals surface area contributed by atoms with Gasteiger partial charge in [-0.05, 0) is 19.8 Å². The Morgan fingerprint density at radius 1 is 1.43 bits per heavy atom. The highest BCUT2D eigenvalue weighted by molar-refractivity contribution is 5.51. The second-order valence-electron chi connectivity index (χ2n) is 3.53. The molecule has 4 N–H and O–H groups in total. The predicted octanol–water partition coefficient (Wildman–Crippen LogP) is 0.630. The maximum atomic E-state index is 5.61. The van der Waals surface area contributed by atoms with E-state index in [0.717, 1.165) is 12.4 Å². The first kappa shape index (κ1) is 9.05. The van der Waals surface area contributed by atoms with Crippen LogP contribution in [0, 0.1) is 0 Å². The SMILES string of the molecule is CCN(c1cc(N)nc(N)n1)C1CC1. The second kappa shape index (κ2) is 3.32. The number of rotatable bonds is 3. The van der Waals surface area contributed by atoms with Gasteiger partial charge in [0.25, 0.3) is 0 Å². The van der Waals surface area contributed by atoms with Gasteiger partial charge in [-0.2, -0.15) is 9.97 Å². The Morgan fingerprint density at radius 3 is 2.64 bits per heavy atom. The van der Waals surface area contributed by atoms with Gasteiger partial charge in [-0.15, -0.1) is 0 Å². The molecule has 1 aromatic heterocycles. The predicted molar refractivity (Wildman–Crippen MR) is 56.9 cm³/mol. The van der Waals surface area contributed by atoms with E-state index in [0.29, 0.717) is 11.9 Å². The van der Waals surface area contributed by atoms with Crippen molar-refractivity contribution in [2.24, 2.45) is 0 Å². The van der Waals surface area contributed by atoms with Crippen LogP contribution in [0.2, 0.25) is 0 Å².